The van der Waals surface area contributed by atoms with Crippen LogP contribution in [0.1, 0.15) is 5.56 Å². The number of hydrogen-bond donors (Lipinski definition) is 0. The van der Waals surface area contributed by atoms with Crippen LogP contribution >= 0.6 is 0 Å². The van der Waals surface area contributed by atoms with E-state index in [1.165, 1.54) is 21.3 Å². The van der Waals surface area contributed by atoms with Gasteiger partial charge in [-0.25, -0.2) is 0 Å². The molecule has 0 saturated carbocycles. The second kappa shape index (κ2) is 4.93. The molecule has 0 N–H and O–H groups in total. The maximum atomic E-state index is 4.76. The Morgan fingerprint density at radius 3 is 2.28 bits per heavy atom. The van der Waals surface area contributed by atoms with Gasteiger partial charge in [0.25, 0.3) is 0 Å². The molecule has 0 aliphatic heterocycles. The summed E-state index contributed by atoms with van der Waals surface area (Å²) in [5.41, 5.74) is 4.87. The van der Waals surface area contributed by atoms with Crippen molar-refractivity contribution < 1.29 is 0 Å². The minimum atomic E-state index is 0.349. The second-order valence-electron chi connectivity index (χ2n) is 4.27. The molecule has 18 heavy (non-hydrogen) atoms. The Morgan fingerprint density at radius 2 is 1.56 bits per heavy atom. The standard InChI is InChI=1S/C16H13NSe/c1-12-7-9-13(10-8-12)15-11-18-16(17-15)14-5-3-2-4-6-14/h2-11H,1H3. The topological polar surface area (TPSA) is 12.9 Å². The van der Waals surface area contributed by atoms with Gasteiger partial charge < -0.3 is 0 Å². The predicted molar refractivity (Wildman–Crippen MR) is 76.8 cm³/mol. The molecule has 0 aliphatic carbocycles. The molecule has 1 aromatic heterocycles. The SMILES string of the molecule is Cc1ccc(-c2c[se]c(-c3ccccc3)n2)cc1. The average molecular weight is 298 g/mol. The van der Waals surface area contributed by atoms with Gasteiger partial charge in [0.05, 0.1) is 0 Å². The van der Waals surface area contributed by atoms with Gasteiger partial charge in [0.15, 0.2) is 0 Å². The summed E-state index contributed by atoms with van der Waals surface area (Å²) in [6.45, 7) is 2.11. The fourth-order valence-corrected chi connectivity index (χ4v) is 3.60. The molecular weight excluding hydrogens is 285 g/mol. The molecule has 3 rings (SSSR count). The molecule has 2 heteroatoms. The average Bonchev–Trinajstić information content (AvgIpc) is 2.90. The molecule has 3 aromatic rings. The summed E-state index contributed by atoms with van der Waals surface area (Å²) in [7, 11) is 0. The molecular formula is C16H13NSe. The molecule has 0 aliphatic rings. The Bertz CT molecular complexity index is 638. The van der Waals surface area contributed by atoms with Crippen LogP contribution in [-0.2, 0) is 0 Å². The van der Waals surface area contributed by atoms with Crippen LogP contribution in [0, 0.1) is 6.92 Å². The molecule has 0 bridgehead atoms. The first-order chi connectivity index (χ1) is 8.83. The van der Waals surface area contributed by atoms with Crippen LogP contribution in [0.4, 0.5) is 0 Å². The molecule has 0 unspecified atom stereocenters. The van der Waals surface area contributed by atoms with Gasteiger partial charge in [0, 0.05) is 0 Å². The Morgan fingerprint density at radius 1 is 0.833 bits per heavy atom. The third-order valence-corrected chi connectivity index (χ3v) is 4.74. The van der Waals surface area contributed by atoms with Crippen molar-refractivity contribution in [2.75, 3.05) is 0 Å². The molecule has 2 aromatic carbocycles. The molecule has 0 atom stereocenters. The molecule has 88 valence electrons. The summed E-state index contributed by atoms with van der Waals surface area (Å²) in [6.07, 6.45) is 0. The van der Waals surface area contributed by atoms with Crippen LogP contribution in [0.2, 0.25) is 0 Å². The second-order valence-corrected chi connectivity index (χ2v) is 6.07. The van der Waals surface area contributed by atoms with Crippen LogP contribution in [0.3, 0.4) is 0 Å². The number of aryl methyl sites for hydroxylation is 1. The van der Waals surface area contributed by atoms with Gasteiger partial charge in [-0.2, -0.15) is 0 Å². The summed E-state index contributed by atoms with van der Waals surface area (Å²) in [5.74, 6) is 0. The molecule has 0 amide bonds. The van der Waals surface area contributed by atoms with E-state index in [9.17, 15) is 0 Å². The molecule has 1 heterocycles. The first-order valence-corrected chi connectivity index (χ1v) is 7.75. The molecule has 0 spiro atoms. The van der Waals surface area contributed by atoms with Crippen LogP contribution in [0.25, 0.3) is 21.4 Å². The van der Waals surface area contributed by atoms with E-state index in [-0.39, 0.29) is 0 Å². The van der Waals surface area contributed by atoms with Gasteiger partial charge in [0.1, 0.15) is 0 Å². The van der Waals surface area contributed by atoms with Crippen LogP contribution in [0.5, 0.6) is 0 Å². The van der Waals surface area contributed by atoms with E-state index < -0.39 is 0 Å². The summed E-state index contributed by atoms with van der Waals surface area (Å²) >= 11 is 0.349. The fraction of sp³-hybridized carbons (Fsp3) is 0.0625. The van der Waals surface area contributed by atoms with Gasteiger partial charge in [0.2, 0.25) is 0 Å². The van der Waals surface area contributed by atoms with E-state index >= 15 is 0 Å². The Labute approximate surface area is 113 Å². The van der Waals surface area contributed by atoms with Crippen molar-refractivity contribution in [2.24, 2.45) is 0 Å². The first kappa shape index (κ1) is 11.5. The monoisotopic (exact) mass is 299 g/mol. The summed E-state index contributed by atoms with van der Waals surface area (Å²) in [6, 6.07) is 19.0. The van der Waals surface area contributed by atoms with Crippen molar-refractivity contribution >= 4 is 14.5 Å². The molecule has 1 nitrogen and oxygen atoms in total. The molecule has 0 radical (unpaired) electrons. The van der Waals surface area contributed by atoms with Crippen molar-refractivity contribution in [1.82, 2.24) is 4.98 Å². The van der Waals surface area contributed by atoms with E-state index in [0.717, 1.165) is 5.69 Å². The van der Waals surface area contributed by atoms with Gasteiger partial charge in [-0.15, -0.1) is 0 Å². The third-order valence-electron chi connectivity index (χ3n) is 2.87. The van der Waals surface area contributed by atoms with Crippen molar-refractivity contribution in [3.05, 3.63) is 65.1 Å². The Kier molecular flexibility index (Phi) is 3.14. The third kappa shape index (κ3) is 2.31. The van der Waals surface area contributed by atoms with Crippen molar-refractivity contribution in [1.29, 1.82) is 0 Å². The predicted octanol–water partition coefficient (Wildman–Crippen LogP) is 3.78. The van der Waals surface area contributed by atoms with Gasteiger partial charge in [-0.3, -0.25) is 0 Å². The van der Waals surface area contributed by atoms with E-state index in [1.54, 1.807) is 0 Å². The number of nitrogens with zero attached hydrogens (tertiary/aromatic N) is 1. The quantitative estimate of drug-likeness (QED) is 0.656. The summed E-state index contributed by atoms with van der Waals surface area (Å²) in [5, 5.41) is 0. The number of rotatable bonds is 2. The summed E-state index contributed by atoms with van der Waals surface area (Å²) in [4.78, 5) is 7.03. The zero-order chi connectivity index (χ0) is 12.4. The summed E-state index contributed by atoms with van der Waals surface area (Å²) < 4.78 is 1.22. The van der Waals surface area contributed by atoms with E-state index in [4.69, 9.17) is 4.98 Å². The van der Waals surface area contributed by atoms with Gasteiger partial charge in [-0.05, 0) is 0 Å². The van der Waals surface area contributed by atoms with Crippen molar-refractivity contribution in [3.8, 4) is 21.4 Å². The van der Waals surface area contributed by atoms with Crippen LogP contribution in [-0.4, -0.2) is 19.5 Å². The number of benzene rings is 2. The fourth-order valence-electron chi connectivity index (χ4n) is 1.84. The maximum absolute atomic E-state index is 4.76. The van der Waals surface area contributed by atoms with E-state index in [1.807, 2.05) is 6.07 Å². The van der Waals surface area contributed by atoms with Crippen molar-refractivity contribution in [3.63, 3.8) is 0 Å². The van der Waals surface area contributed by atoms with Crippen molar-refractivity contribution in [2.45, 2.75) is 6.92 Å². The first-order valence-electron chi connectivity index (χ1n) is 5.91. The minimum absolute atomic E-state index is 0.349. The molecule has 0 saturated heterocycles. The Balaban J connectivity index is 1.97. The zero-order valence-electron chi connectivity index (χ0n) is 10.1. The van der Waals surface area contributed by atoms with Crippen LogP contribution < -0.4 is 0 Å². The van der Waals surface area contributed by atoms with E-state index in [0.29, 0.717) is 14.5 Å². The molecule has 0 fully saturated rings. The number of aromatic nitrogens is 1. The van der Waals surface area contributed by atoms with Gasteiger partial charge in [-0.1, -0.05) is 0 Å². The van der Waals surface area contributed by atoms with Gasteiger partial charge >= 0.3 is 113 Å². The Hall–Kier alpha value is -1.63. The van der Waals surface area contributed by atoms with E-state index in [2.05, 4.69) is 60.4 Å². The normalized spacial score (nSPS) is 10.5. The number of hydrogen-bond acceptors (Lipinski definition) is 1. The zero-order valence-corrected chi connectivity index (χ0v) is 11.8. The van der Waals surface area contributed by atoms with Crippen LogP contribution in [0.15, 0.2) is 59.5 Å².